The maximum Gasteiger partial charge on any atom is 0.269 e. The number of nitro benzene ring substituents is 1. The van der Waals surface area contributed by atoms with Gasteiger partial charge in [-0.2, -0.15) is 0 Å². The van der Waals surface area contributed by atoms with Crippen LogP contribution in [0.15, 0.2) is 40.9 Å². The average molecular weight is 272 g/mol. The highest BCUT2D eigenvalue weighted by molar-refractivity contribution is 6.56. The summed E-state index contributed by atoms with van der Waals surface area (Å²) in [6, 6.07) is 5.78. The number of nitro groups is 1. The normalized spacial score (nSPS) is 10.2. The Balaban J connectivity index is 2.76. The van der Waals surface area contributed by atoms with Crippen molar-refractivity contribution in [1.29, 1.82) is 0 Å². The minimum Gasteiger partial charge on any atom is -0.290 e. The number of carbonyl (C=O) groups is 1. The Morgan fingerprint density at radius 3 is 2.29 bits per heavy atom. The molecule has 6 heteroatoms. The SMILES string of the molecule is O=C(C=C(Cl)Cl)/C=C/c1ccc([N+](=O)[O-])cc1. The maximum absolute atomic E-state index is 11.2. The third-order valence-electron chi connectivity index (χ3n) is 1.80. The number of non-ortho nitro benzene ring substituents is 1. The molecule has 0 aliphatic rings. The lowest BCUT2D eigenvalue weighted by atomic mass is 10.2. The second kappa shape index (κ2) is 6.18. The first kappa shape index (κ1) is 13.4. The van der Waals surface area contributed by atoms with Crippen molar-refractivity contribution >= 4 is 40.7 Å². The molecule has 0 aliphatic carbocycles. The smallest absolute Gasteiger partial charge is 0.269 e. The lowest BCUT2D eigenvalue weighted by molar-refractivity contribution is -0.384. The Morgan fingerprint density at radius 2 is 1.82 bits per heavy atom. The Kier molecular flexibility index (Phi) is 4.87. The number of nitrogens with zero attached hydrogens (tertiary/aromatic N) is 1. The number of allylic oxidation sites excluding steroid dienone is 2. The van der Waals surface area contributed by atoms with Crippen LogP contribution in [0, 0.1) is 10.1 Å². The topological polar surface area (TPSA) is 60.2 Å². The zero-order chi connectivity index (χ0) is 12.8. The van der Waals surface area contributed by atoms with E-state index in [4.69, 9.17) is 23.2 Å². The number of carbonyl (C=O) groups excluding carboxylic acids is 1. The summed E-state index contributed by atoms with van der Waals surface area (Å²) in [6.07, 6.45) is 3.84. The highest BCUT2D eigenvalue weighted by Gasteiger charge is 2.02. The fourth-order valence-corrected chi connectivity index (χ4v) is 1.26. The standard InChI is InChI=1S/C11H7Cl2NO3/c12-11(13)7-10(15)6-3-8-1-4-9(5-2-8)14(16)17/h1-7H/b6-3+. The summed E-state index contributed by atoms with van der Waals surface area (Å²) < 4.78 is -0.122. The molecule has 0 N–H and O–H groups in total. The quantitative estimate of drug-likeness (QED) is 0.478. The van der Waals surface area contributed by atoms with E-state index in [1.165, 1.54) is 36.4 Å². The highest BCUT2D eigenvalue weighted by Crippen LogP contribution is 2.13. The molecule has 88 valence electrons. The van der Waals surface area contributed by atoms with Crippen molar-refractivity contribution in [3.63, 3.8) is 0 Å². The Bertz CT molecular complexity index is 488. The van der Waals surface area contributed by atoms with Gasteiger partial charge in [0.05, 0.1) is 4.92 Å². The Labute approximate surface area is 107 Å². The molecule has 0 heterocycles. The van der Waals surface area contributed by atoms with Gasteiger partial charge in [0.15, 0.2) is 5.78 Å². The molecule has 1 aromatic rings. The first-order chi connectivity index (χ1) is 7.99. The van der Waals surface area contributed by atoms with E-state index in [2.05, 4.69) is 0 Å². The van der Waals surface area contributed by atoms with Crippen LogP contribution in [0.3, 0.4) is 0 Å². The van der Waals surface area contributed by atoms with E-state index in [0.717, 1.165) is 6.08 Å². The molecule has 0 aromatic heterocycles. The molecular formula is C11H7Cl2NO3. The zero-order valence-corrected chi connectivity index (χ0v) is 9.98. The summed E-state index contributed by atoms with van der Waals surface area (Å²) in [5, 5.41) is 10.4. The van der Waals surface area contributed by atoms with Gasteiger partial charge in [0.2, 0.25) is 0 Å². The summed E-state index contributed by atoms with van der Waals surface area (Å²) in [5.74, 6) is -0.358. The number of rotatable bonds is 4. The molecule has 1 rings (SSSR count). The van der Waals surface area contributed by atoms with Crippen molar-refractivity contribution in [3.05, 3.63) is 56.6 Å². The number of ketones is 1. The Morgan fingerprint density at radius 1 is 1.24 bits per heavy atom. The third-order valence-corrected chi connectivity index (χ3v) is 2.01. The molecule has 0 saturated carbocycles. The molecular weight excluding hydrogens is 265 g/mol. The van der Waals surface area contributed by atoms with Crippen LogP contribution in [0.4, 0.5) is 5.69 Å². The largest absolute Gasteiger partial charge is 0.290 e. The summed E-state index contributed by atoms with van der Waals surface area (Å²) in [5.41, 5.74) is 0.667. The number of halogens is 2. The molecule has 0 aliphatic heterocycles. The summed E-state index contributed by atoms with van der Waals surface area (Å²) in [7, 11) is 0. The first-order valence-electron chi connectivity index (χ1n) is 4.48. The average Bonchev–Trinajstić information content (AvgIpc) is 2.26. The van der Waals surface area contributed by atoms with Gasteiger partial charge in [-0.25, -0.2) is 0 Å². The van der Waals surface area contributed by atoms with E-state index in [0.29, 0.717) is 5.56 Å². The maximum atomic E-state index is 11.2. The molecule has 0 amide bonds. The van der Waals surface area contributed by atoms with Crippen molar-refractivity contribution < 1.29 is 9.72 Å². The van der Waals surface area contributed by atoms with Crippen molar-refractivity contribution in [2.75, 3.05) is 0 Å². The van der Waals surface area contributed by atoms with Crippen LogP contribution in [0.1, 0.15) is 5.56 Å². The third kappa shape index (κ3) is 4.80. The van der Waals surface area contributed by atoms with Gasteiger partial charge in [-0.3, -0.25) is 14.9 Å². The Hall–Kier alpha value is -1.65. The van der Waals surface area contributed by atoms with Gasteiger partial charge in [-0.15, -0.1) is 0 Å². The van der Waals surface area contributed by atoms with Gasteiger partial charge in [0, 0.05) is 18.2 Å². The molecule has 17 heavy (non-hydrogen) atoms. The van der Waals surface area contributed by atoms with E-state index < -0.39 is 4.92 Å². The monoisotopic (exact) mass is 271 g/mol. The molecule has 0 atom stereocenters. The summed E-state index contributed by atoms with van der Waals surface area (Å²) in [4.78, 5) is 21.1. The fourth-order valence-electron chi connectivity index (χ4n) is 1.04. The summed E-state index contributed by atoms with van der Waals surface area (Å²) >= 11 is 10.6. The van der Waals surface area contributed by atoms with Gasteiger partial charge in [-0.05, 0) is 23.8 Å². The van der Waals surface area contributed by atoms with Crippen LogP contribution in [0.25, 0.3) is 6.08 Å². The fraction of sp³-hybridized carbons (Fsp3) is 0. The second-order valence-electron chi connectivity index (χ2n) is 3.02. The lowest BCUT2D eigenvalue weighted by Crippen LogP contribution is -1.87. The number of hydrogen-bond donors (Lipinski definition) is 0. The highest BCUT2D eigenvalue weighted by atomic mass is 35.5. The van der Waals surface area contributed by atoms with E-state index in [-0.39, 0.29) is 16.0 Å². The van der Waals surface area contributed by atoms with Crippen molar-refractivity contribution in [3.8, 4) is 0 Å². The van der Waals surface area contributed by atoms with Gasteiger partial charge < -0.3 is 0 Å². The molecule has 0 spiro atoms. The number of hydrogen-bond acceptors (Lipinski definition) is 3. The van der Waals surface area contributed by atoms with Crippen molar-refractivity contribution in [2.45, 2.75) is 0 Å². The van der Waals surface area contributed by atoms with Crippen LogP contribution >= 0.6 is 23.2 Å². The van der Waals surface area contributed by atoms with E-state index >= 15 is 0 Å². The zero-order valence-electron chi connectivity index (χ0n) is 8.47. The van der Waals surface area contributed by atoms with Crippen LogP contribution in [0.5, 0.6) is 0 Å². The van der Waals surface area contributed by atoms with E-state index in [1.54, 1.807) is 0 Å². The minimum absolute atomic E-state index is 0.00262. The molecule has 0 radical (unpaired) electrons. The van der Waals surface area contributed by atoms with Gasteiger partial charge in [-0.1, -0.05) is 29.3 Å². The molecule has 0 fully saturated rings. The molecule has 1 aromatic carbocycles. The van der Waals surface area contributed by atoms with Gasteiger partial charge in [0.1, 0.15) is 4.49 Å². The molecule has 0 unspecified atom stereocenters. The van der Waals surface area contributed by atoms with Crippen molar-refractivity contribution in [2.24, 2.45) is 0 Å². The van der Waals surface area contributed by atoms with E-state index in [1.807, 2.05) is 0 Å². The molecule has 4 nitrogen and oxygen atoms in total. The van der Waals surface area contributed by atoms with Crippen LogP contribution in [0.2, 0.25) is 0 Å². The number of benzene rings is 1. The van der Waals surface area contributed by atoms with Crippen LogP contribution in [-0.2, 0) is 4.79 Å². The van der Waals surface area contributed by atoms with Crippen molar-refractivity contribution in [1.82, 2.24) is 0 Å². The first-order valence-corrected chi connectivity index (χ1v) is 5.24. The predicted octanol–water partition coefficient (Wildman–Crippen LogP) is 3.50. The summed E-state index contributed by atoms with van der Waals surface area (Å²) in [6.45, 7) is 0. The molecule has 0 saturated heterocycles. The lowest BCUT2D eigenvalue weighted by Gasteiger charge is -1.92. The van der Waals surface area contributed by atoms with Crippen LogP contribution < -0.4 is 0 Å². The van der Waals surface area contributed by atoms with E-state index in [9.17, 15) is 14.9 Å². The minimum atomic E-state index is -0.491. The predicted molar refractivity (Wildman–Crippen MR) is 66.9 cm³/mol. The van der Waals surface area contributed by atoms with Crippen LogP contribution in [-0.4, -0.2) is 10.7 Å². The van der Waals surface area contributed by atoms with Gasteiger partial charge >= 0.3 is 0 Å². The molecule has 0 bridgehead atoms. The van der Waals surface area contributed by atoms with Gasteiger partial charge in [0.25, 0.3) is 5.69 Å². The second-order valence-corrected chi connectivity index (χ2v) is 4.03.